The minimum Gasteiger partial charge on any atom is -0.458 e. The minimum absolute atomic E-state index is 0.281. The molecule has 0 saturated carbocycles. The molecular formula is C22H22N6O4. The Balaban J connectivity index is 1.26. The molecule has 2 saturated heterocycles. The number of aromatic nitrogens is 2. The summed E-state index contributed by atoms with van der Waals surface area (Å²) in [6, 6.07) is 10.3. The van der Waals surface area contributed by atoms with Crippen molar-refractivity contribution < 1.29 is 18.8 Å². The molecule has 4 heterocycles. The minimum atomic E-state index is -1.36. The number of furan rings is 1. The Hall–Kier alpha value is -3.95. The van der Waals surface area contributed by atoms with Crippen molar-refractivity contribution in [1.29, 1.82) is 0 Å². The molecule has 10 nitrogen and oxygen atoms in total. The normalized spacial score (nSPS) is 21.3. The molecule has 0 radical (unpaired) electrons. The molecule has 2 aromatic heterocycles. The Labute approximate surface area is 183 Å². The second-order valence-electron chi connectivity index (χ2n) is 8.01. The van der Waals surface area contributed by atoms with Crippen molar-refractivity contribution in [1.82, 2.24) is 25.1 Å². The number of hydrogen-bond acceptors (Lipinski definition) is 7. The number of nitrogens with zero attached hydrogens (tertiary/aromatic N) is 5. The highest BCUT2D eigenvalue weighted by atomic mass is 16.3. The van der Waals surface area contributed by atoms with E-state index in [1.807, 2.05) is 23.1 Å². The maximum atomic E-state index is 13.2. The molecular weight excluding hydrogens is 412 g/mol. The molecule has 2 aliphatic heterocycles. The van der Waals surface area contributed by atoms with Gasteiger partial charge in [0.05, 0.1) is 0 Å². The number of carbonyl (C=O) groups is 3. The number of para-hydroxylation sites is 1. The fourth-order valence-corrected chi connectivity index (χ4v) is 4.08. The number of fused-ring (bicyclic) bond motifs is 1. The molecule has 0 unspecified atom stereocenters. The van der Waals surface area contributed by atoms with Crippen molar-refractivity contribution in [2.24, 2.45) is 0 Å². The summed E-state index contributed by atoms with van der Waals surface area (Å²) in [5, 5.41) is 3.53. The van der Waals surface area contributed by atoms with Crippen LogP contribution in [0.5, 0.6) is 0 Å². The Bertz CT molecular complexity index is 1150. The van der Waals surface area contributed by atoms with Gasteiger partial charge < -0.3 is 19.5 Å². The number of hydrogen-bond donors (Lipinski definition) is 1. The van der Waals surface area contributed by atoms with Crippen LogP contribution in [0.3, 0.4) is 0 Å². The zero-order valence-corrected chi connectivity index (χ0v) is 17.5. The van der Waals surface area contributed by atoms with Crippen LogP contribution in [0.15, 0.2) is 53.2 Å². The molecule has 1 aromatic carbocycles. The largest absolute Gasteiger partial charge is 0.458 e. The standard InChI is InChI=1S/C22H22N6O4/c1-22(17-13-15-5-2-3-6-16(15)32-17)19(30)28(21(31)25-22)14-18(29)26-9-11-27(12-10-26)20-23-7-4-8-24-20/h2-8,13H,9-12,14H2,1H3,(H,25,31)/t22-/m1/s1. The van der Waals surface area contributed by atoms with E-state index in [9.17, 15) is 14.4 Å². The summed E-state index contributed by atoms with van der Waals surface area (Å²) >= 11 is 0. The van der Waals surface area contributed by atoms with Gasteiger partial charge in [0.15, 0.2) is 5.54 Å². The van der Waals surface area contributed by atoms with Crippen molar-refractivity contribution in [2.75, 3.05) is 37.6 Å². The third kappa shape index (κ3) is 3.33. The van der Waals surface area contributed by atoms with Crippen LogP contribution < -0.4 is 10.2 Å². The van der Waals surface area contributed by atoms with Crippen LogP contribution in [0.25, 0.3) is 11.0 Å². The molecule has 1 N–H and O–H groups in total. The zero-order chi connectivity index (χ0) is 22.3. The van der Waals surface area contributed by atoms with E-state index in [2.05, 4.69) is 15.3 Å². The van der Waals surface area contributed by atoms with E-state index >= 15 is 0 Å². The van der Waals surface area contributed by atoms with E-state index in [1.165, 1.54) is 0 Å². The lowest BCUT2D eigenvalue weighted by Gasteiger charge is -2.35. The number of piperazine rings is 1. The average Bonchev–Trinajstić information content (AvgIpc) is 3.35. The first-order chi connectivity index (χ1) is 15.5. The number of rotatable bonds is 4. The Morgan fingerprint density at radius 3 is 2.53 bits per heavy atom. The molecule has 4 amide bonds. The summed E-state index contributed by atoms with van der Waals surface area (Å²) in [5.74, 6) is 0.168. The monoisotopic (exact) mass is 434 g/mol. The topological polar surface area (TPSA) is 112 Å². The van der Waals surface area contributed by atoms with Gasteiger partial charge in [-0.2, -0.15) is 0 Å². The number of benzene rings is 1. The van der Waals surface area contributed by atoms with Crippen LogP contribution in [0.1, 0.15) is 12.7 Å². The van der Waals surface area contributed by atoms with Crippen molar-refractivity contribution in [3.05, 3.63) is 54.6 Å². The van der Waals surface area contributed by atoms with Gasteiger partial charge >= 0.3 is 6.03 Å². The van der Waals surface area contributed by atoms with Crippen molar-refractivity contribution in [3.8, 4) is 0 Å². The van der Waals surface area contributed by atoms with E-state index in [0.717, 1.165) is 10.3 Å². The van der Waals surface area contributed by atoms with Crippen LogP contribution in [0.2, 0.25) is 0 Å². The van der Waals surface area contributed by atoms with E-state index < -0.39 is 17.5 Å². The number of carbonyl (C=O) groups excluding carboxylic acids is 3. The molecule has 0 bridgehead atoms. The van der Waals surface area contributed by atoms with Crippen LogP contribution in [0, 0.1) is 0 Å². The predicted octanol–water partition coefficient (Wildman–Crippen LogP) is 1.34. The number of urea groups is 1. The third-order valence-electron chi connectivity index (χ3n) is 5.95. The van der Waals surface area contributed by atoms with E-state index in [1.54, 1.807) is 42.4 Å². The quantitative estimate of drug-likeness (QED) is 0.617. The fourth-order valence-electron chi connectivity index (χ4n) is 4.08. The molecule has 2 aliphatic rings. The van der Waals surface area contributed by atoms with Gasteiger partial charge in [-0.3, -0.25) is 14.5 Å². The van der Waals surface area contributed by atoms with Gasteiger partial charge in [0.25, 0.3) is 5.91 Å². The van der Waals surface area contributed by atoms with Gasteiger partial charge in [0, 0.05) is 44.0 Å². The van der Waals surface area contributed by atoms with Gasteiger partial charge in [0.2, 0.25) is 11.9 Å². The summed E-state index contributed by atoms with van der Waals surface area (Å²) in [7, 11) is 0. The molecule has 5 rings (SSSR count). The first-order valence-corrected chi connectivity index (χ1v) is 10.4. The second kappa shape index (κ2) is 7.63. The van der Waals surface area contributed by atoms with Crippen molar-refractivity contribution in [3.63, 3.8) is 0 Å². The highest BCUT2D eigenvalue weighted by Crippen LogP contribution is 2.33. The van der Waals surface area contributed by atoms with E-state index in [-0.39, 0.29) is 12.5 Å². The zero-order valence-electron chi connectivity index (χ0n) is 17.5. The summed E-state index contributed by atoms with van der Waals surface area (Å²) in [6.07, 6.45) is 3.35. The number of nitrogens with one attached hydrogen (secondary N) is 1. The van der Waals surface area contributed by atoms with Gasteiger partial charge in [-0.05, 0) is 25.1 Å². The van der Waals surface area contributed by atoms with Crippen LogP contribution in [-0.2, 0) is 15.1 Å². The fraction of sp³-hybridized carbons (Fsp3) is 0.318. The molecule has 2 fully saturated rings. The highest BCUT2D eigenvalue weighted by molar-refractivity contribution is 6.09. The van der Waals surface area contributed by atoms with Gasteiger partial charge in [-0.1, -0.05) is 18.2 Å². The first kappa shape index (κ1) is 20.0. The lowest BCUT2D eigenvalue weighted by molar-refractivity contribution is -0.139. The molecule has 0 aliphatic carbocycles. The van der Waals surface area contributed by atoms with Crippen molar-refractivity contribution >= 4 is 34.8 Å². The summed E-state index contributed by atoms with van der Waals surface area (Å²) in [6.45, 7) is 3.35. The maximum Gasteiger partial charge on any atom is 0.325 e. The van der Waals surface area contributed by atoms with Gasteiger partial charge in [0.1, 0.15) is 17.9 Å². The molecule has 0 spiro atoms. The Morgan fingerprint density at radius 1 is 1.09 bits per heavy atom. The molecule has 3 aromatic rings. The second-order valence-corrected chi connectivity index (χ2v) is 8.01. The lowest BCUT2D eigenvalue weighted by atomic mass is 9.99. The van der Waals surface area contributed by atoms with Crippen LogP contribution in [-0.4, -0.2) is 70.3 Å². The smallest absolute Gasteiger partial charge is 0.325 e. The number of amides is 4. The SMILES string of the molecule is C[C@]1(c2cc3ccccc3o2)NC(=O)N(CC(=O)N2CCN(c3ncccn3)CC2)C1=O. The van der Waals surface area contributed by atoms with Gasteiger partial charge in [-0.15, -0.1) is 0 Å². The average molecular weight is 434 g/mol. The number of imide groups is 1. The number of anilines is 1. The molecule has 10 heteroatoms. The summed E-state index contributed by atoms with van der Waals surface area (Å²) in [5.41, 5.74) is -0.736. The van der Waals surface area contributed by atoms with E-state index in [0.29, 0.717) is 43.5 Å². The summed E-state index contributed by atoms with van der Waals surface area (Å²) < 4.78 is 5.82. The third-order valence-corrected chi connectivity index (χ3v) is 5.95. The summed E-state index contributed by atoms with van der Waals surface area (Å²) in [4.78, 5) is 51.7. The molecule has 32 heavy (non-hydrogen) atoms. The lowest BCUT2D eigenvalue weighted by Crippen LogP contribution is -2.52. The molecule has 1 atom stereocenters. The Morgan fingerprint density at radius 2 is 1.81 bits per heavy atom. The molecule has 164 valence electrons. The Kier molecular flexibility index (Phi) is 4.76. The van der Waals surface area contributed by atoms with Crippen LogP contribution in [0.4, 0.5) is 10.7 Å². The van der Waals surface area contributed by atoms with Crippen molar-refractivity contribution in [2.45, 2.75) is 12.5 Å². The van der Waals surface area contributed by atoms with Crippen LogP contribution >= 0.6 is 0 Å². The van der Waals surface area contributed by atoms with Gasteiger partial charge in [-0.25, -0.2) is 14.8 Å². The first-order valence-electron chi connectivity index (χ1n) is 10.4. The predicted molar refractivity (Wildman–Crippen MR) is 115 cm³/mol. The maximum absolute atomic E-state index is 13.2. The highest BCUT2D eigenvalue weighted by Gasteiger charge is 2.52. The van der Waals surface area contributed by atoms with E-state index in [4.69, 9.17) is 4.42 Å².